The second-order valence-electron chi connectivity index (χ2n) is 6.36. The van der Waals surface area contributed by atoms with E-state index in [1.54, 1.807) is 0 Å². The Hall–Kier alpha value is -2.55. The molecular weight excluding hydrogens is 336 g/mol. The van der Waals surface area contributed by atoms with Crippen LogP contribution in [0.2, 0.25) is 0 Å². The summed E-state index contributed by atoms with van der Waals surface area (Å²) in [7, 11) is 0. The average molecular weight is 358 g/mol. The first-order valence-corrected chi connectivity index (χ1v) is 7.46. The van der Waals surface area contributed by atoms with Gasteiger partial charge in [-0.05, 0) is 19.3 Å². The molecule has 140 valence electrons. The molecule has 0 aliphatic carbocycles. The lowest BCUT2D eigenvalue weighted by molar-refractivity contribution is -0.216. The Morgan fingerprint density at radius 3 is 2.20 bits per heavy atom. The van der Waals surface area contributed by atoms with Gasteiger partial charge >= 0.3 is 12.1 Å². The van der Waals surface area contributed by atoms with E-state index in [0.29, 0.717) is 0 Å². The van der Waals surface area contributed by atoms with Crippen molar-refractivity contribution in [3.63, 3.8) is 0 Å². The Kier molecular flexibility index (Phi) is 6.98. The van der Waals surface area contributed by atoms with Crippen LogP contribution in [0.15, 0.2) is 27.6 Å². The van der Waals surface area contributed by atoms with E-state index in [-0.39, 0.29) is 17.8 Å². The van der Waals surface area contributed by atoms with Gasteiger partial charge in [0, 0.05) is 0 Å². The van der Waals surface area contributed by atoms with E-state index in [1.165, 1.54) is 13.8 Å². The molecule has 0 N–H and O–H groups in total. The molecule has 1 heterocycles. The maximum absolute atomic E-state index is 11.8. The highest BCUT2D eigenvalue weighted by atomic mass is 17.0. The summed E-state index contributed by atoms with van der Waals surface area (Å²) in [4.78, 5) is 34.9. The standard InChI is InChI=1S/C16H22O9/c1-9(13(17)12-7-21-25-12)14(18)23-10(2)22-11(3)24-15(19)20-8-16(4,5)6/h7,10-11H,1,8H2,2-6H3. The second kappa shape index (κ2) is 8.52. The highest BCUT2D eigenvalue weighted by molar-refractivity contribution is 6.22. The lowest BCUT2D eigenvalue weighted by atomic mass is 9.99. The first-order chi connectivity index (χ1) is 11.5. The van der Waals surface area contributed by atoms with Crippen molar-refractivity contribution in [1.29, 1.82) is 0 Å². The molecule has 0 amide bonds. The number of esters is 1. The van der Waals surface area contributed by atoms with Crippen LogP contribution in [0, 0.1) is 5.41 Å². The number of carbonyl (C=O) groups excluding carboxylic acids is 3. The number of hydrogen-bond donors (Lipinski definition) is 0. The zero-order chi connectivity index (χ0) is 19.2. The lowest BCUT2D eigenvalue weighted by Gasteiger charge is -2.21. The van der Waals surface area contributed by atoms with Crippen molar-refractivity contribution < 1.29 is 42.5 Å². The van der Waals surface area contributed by atoms with Crippen LogP contribution in [-0.4, -0.2) is 37.1 Å². The molecule has 2 unspecified atom stereocenters. The van der Waals surface area contributed by atoms with Crippen LogP contribution >= 0.6 is 0 Å². The summed E-state index contributed by atoms with van der Waals surface area (Å²) >= 11 is 0. The molecule has 0 radical (unpaired) electrons. The number of hydrogen-bond acceptors (Lipinski definition) is 9. The van der Waals surface area contributed by atoms with E-state index in [1.807, 2.05) is 20.8 Å². The van der Waals surface area contributed by atoms with Crippen LogP contribution < -0.4 is 0 Å². The summed E-state index contributed by atoms with van der Waals surface area (Å²) in [5, 5.41) is 0. The van der Waals surface area contributed by atoms with Gasteiger partial charge in [0.25, 0.3) is 5.76 Å². The predicted octanol–water partition coefficient (Wildman–Crippen LogP) is 3.06. The maximum atomic E-state index is 11.8. The highest BCUT2D eigenvalue weighted by Crippen LogP contribution is 2.14. The van der Waals surface area contributed by atoms with Gasteiger partial charge in [-0.15, -0.1) is 0 Å². The van der Waals surface area contributed by atoms with Crippen molar-refractivity contribution in [3.8, 4) is 0 Å². The van der Waals surface area contributed by atoms with Crippen molar-refractivity contribution in [3.05, 3.63) is 24.2 Å². The number of Topliss-reactive ketones (excluding diaryl/α,β-unsaturated/α-hetero) is 1. The minimum absolute atomic E-state index is 0.159. The summed E-state index contributed by atoms with van der Waals surface area (Å²) in [6.07, 6.45) is -2.02. The summed E-state index contributed by atoms with van der Waals surface area (Å²) in [6, 6.07) is 0. The fourth-order valence-corrected chi connectivity index (χ4v) is 1.42. The normalized spacial score (nSPS) is 13.6. The highest BCUT2D eigenvalue weighted by Gasteiger charge is 2.26. The fraction of sp³-hybridized carbons (Fsp3) is 0.562. The molecule has 0 aliphatic rings. The van der Waals surface area contributed by atoms with Crippen molar-refractivity contribution in [2.45, 2.75) is 47.2 Å². The van der Waals surface area contributed by atoms with Crippen molar-refractivity contribution in [2.75, 3.05) is 6.61 Å². The van der Waals surface area contributed by atoms with Gasteiger partial charge in [0.15, 0.2) is 6.26 Å². The van der Waals surface area contributed by atoms with Crippen LogP contribution in [0.5, 0.6) is 0 Å². The molecule has 0 aliphatic heterocycles. The molecule has 0 aromatic carbocycles. The van der Waals surface area contributed by atoms with Gasteiger partial charge in [-0.25, -0.2) is 9.59 Å². The van der Waals surface area contributed by atoms with E-state index < -0.39 is 36.1 Å². The van der Waals surface area contributed by atoms with E-state index >= 15 is 0 Å². The van der Waals surface area contributed by atoms with Gasteiger partial charge in [-0.1, -0.05) is 27.4 Å². The van der Waals surface area contributed by atoms with Gasteiger partial charge in [-0.2, -0.15) is 0 Å². The van der Waals surface area contributed by atoms with Crippen LogP contribution in [0.4, 0.5) is 4.79 Å². The van der Waals surface area contributed by atoms with Crippen molar-refractivity contribution >= 4 is 17.9 Å². The summed E-state index contributed by atoms with van der Waals surface area (Å²) in [5.74, 6) is -1.93. The van der Waals surface area contributed by atoms with E-state index in [2.05, 4.69) is 15.7 Å². The van der Waals surface area contributed by atoms with Crippen LogP contribution in [0.25, 0.3) is 0 Å². The summed E-state index contributed by atoms with van der Waals surface area (Å²) in [6.45, 7) is 12.0. The molecule has 1 aromatic rings. The van der Waals surface area contributed by atoms with Gasteiger partial charge in [0.05, 0.1) is 6.61 Å². The topological polar surface area (TPSA) is 114 Å². The monoisotopic (exact) mass is 358 g/mol. The quantitative estimate of drug-likeness (QED) is 0.131. The third-order valence-corrected chi connectivity index (χ3v) is 2.58. The fourth-order valence-electron chi connectivity index (χ4n) is 1.42. The first kappa shape index (κ1) is 20.5. The first-order valence-electron chi connectivity index (χ1n) is 7.46. The summed E-state index contributed by atoms with van der Waals surface area (Å²) in [5.41, 5.74) is -0.660. The van der Waals surface area contributed by atoms with Gasteiger partial charge in [0.1, 0.15) is 5.57 Å². The zero-order valence-corrected chi connectivity index (χ0v) is 14.8. The molecule has 25 heavy (non-hydrogen) atoms. The number of ketones is 1. The molecule has 0 bridgehead atoms. The molecular formula is C16H22O9. The largest absolute Gasteiger partial charge is 0.510 e. The minimum Gasteiger partial charge on any atom is -0.434 e. The van der Waals surface area contributed by atoms with Gasteiger partial charge in [-0.3, -0.25) is 13.9 Å². The van der Waals surface area contributed by atoms with Crippen LogP contribution in [0.1, 0.15) is 45.2 Å². The number of ether oxygens (including phenoxy) is 4. The Morgan fingerprint density at radius 2 is 1.72 bits per heavy atom. The SMILES string of the molecule is C=C(C(=O)OC(C)OC(C)OC(=O)OCC(C)(C)C)C(=O)c1coo1. The van der Waals surface area contributed by atoms with E-state index in [9.17, 15) is 14.4 Å². The molecule has 9 heteroatoms. The summed E-state index contributed by atoms with van der Waals surface area (Å²) < 4.78 is 28.4. The third-order valence-electron chi connectivity index (χ3n) is 2.58. The van der Waals surface area contributed by atoms with E-state index in [4.69, 9.17) is 18.9 Å². The zero-order valence-electron chi connectivity index (χ0n) is 14.8. The minimum atomic E-state index is -1.10. The average Bonchev–Trinajstić information content (AvgIpc) is 2.41. The molecule has 0 saturated heterocycles. The van der Waals surface area contributed by atoms with Crippen LogP contribution in [-0.2, 0) is 23.7 Å². The lowest BCUT2D eigenvalue weighted by Crippen LogP contribution is -2.29. The maximum Gasteiger partial charge on any atom is 0.510 e. The van der Waals surface area contributed by atoms with Crippen molar-refractivity contribution in [2.24, 2.45) is 5.41 Å². The Morgan fingerprint density at radius 1 is 1.16 bits per heavy atom. The molecule has 0 spiro atoms. The molecule has 2 atom stereocenters. The Labute approximate surface area is 144 Å². The van der Waals surface area contributed by atoms with Gasteiger partial charge in [0.2, 0.25) is 18.4 Å². The Balaban J connectivity index is 2.36. The van der Waals surface area contributed by atoms with Gasteiger partial charge < -0.3 is 18.9 Å². The third kappa shape index (κ3) is 7.25. The van der Waals surface area contributed by atoms with Crippen molar-refractivity contribution in [1.82, 2.24) is 0 Å². The number of rotatable bonds is 8. The predicted molar refractivity (Wildman–Crippen MR) is 82.4 cm³/mol. The molecule has 1 rings (SSSR count). The smallest absolute Gasteiger partial charge is 0.434 e. The molecule has 0 fully saturated rings. The molecule has 9 nitrogen and oxygen atoms in total. The van der Waals surface area contributed by atoms with Crippen LogP contribution in [0.3, 0.4) is 0 Å². The molecule has 0 saturated carbocycles. The Bertz CT molecular complexity index is 608. The van der Waals surface area contributed by atoms with E-state index in [0.717, 1.165) is 6.26 Å². The molecule has 1 aromatic heterocycles. The number of carbonyl (C=O) groups is 3. The second-order valence-corrected chi connectivity index (χ2v) is 6.36.